The van der Waals surface area contributed by atoms with Gasteiger partial charge < -0.3 is 0 Å². The molecule has 0 amide bonds. The number of aryl methyl sites for hydroxylation is 2. The van der Waals surface area contributed by atoms with Crippen molar-refractivity contribution in [3.8, 4) is 0 Å². The van der Waals surface area contributed by atoms with Crippen LogP contribution in [0.25, 0.3) is 0 Å². The van der Waals surface area contributed by atoms with E-state index in [1.54, 1.807) is 13.8 Å². The van der Waals surface area contributed by atoms with Gasteiger partial charge in [0.25, 0.3) is 0 Å². The zero-order valence-corrected chi connectivity index (χ0v) is 13.2. The van der Waals surface area contributed by atoms with Gasteiger partial charge in [-0.15, -0.1) is 0 Å². The maximum absolute atomic E-state index is 11.1. The molecule has 2 aromatic heterocycles. The summed E-state index contributed by atoms with van der Waals surface area (Å²) >= 11 is 0. The standard InChI is InChI=1S/C18H22N2O2/c1-15(21)13-19-9-5-17(6-10-19)3-4-18-7-11-20(12-8-18)14-16(2)22/h5-12H,3-4,13-14H2,1-2H3/q+2. The Morgan fingerprint density at radius 2 is 1.05 bits per heavy atom. The van der Waals surface area contributed by atoms with E-state index in [1.165, 1.54) is 11.1 Å². The minimum atomic E-state index is 0.154. The fourth-order valence-electron chi connectivity index (χ4n) is 2.32. The van der Waals surface area contributed by atoms with Gasteiger partial charge in [-0.25, -0.2) is 0 Å². The van der Waals surface area contributed by atoms with E-state index in [4.69, 9.17) is 0 Å². The summed E-state index contributed by atoms with van der Waals surface area (Å²) in [5, 5.41) is 0. The van der Waals surface area contributed by atoms with Crippen molar-refractivity contribution >= 4 is 11.6 Å². The highest BCUT2D eigenvalue weighted by Crippen LogP contribution is 2.04. The zero-order chi connectivity index (χ0) is 15.9. The van der Waals surface area contributed by atoms with Crippen molar-refractivity contribution in [1.29, 1.82) is 0 Å². The number of Topliss-reactive ketones (excluding diaryl/α,β-unsaturated/α-hetero) is 2. The molecular weight excluding hydrogens is 276 g/mol. The van der Waals surface area contributed by atoms with Gasteiger partial charge in [-0.3, -0.25) is 9.59 Å². The van der Waals surface area contributed by atoms with Crippen molar-refractivity contribution in [2.45, 2.75) is 39.8 Å². The summed E-state index contributed by atoms with van der Waals surface area (Å²) in [5.41, 5.74) is 2.50. The lowest BCUT2D eigenvalue weighted by Gasteiger charge is -2.01. The molecule has 4 heteroatoms. The van der Waals surface area contributed by atoms with E-state index in [1.807, 2.05) is 33.9 Å². The first kappa shape index (κ1) is 16.0. The zero-order valence-electron chi connectivity index (χ0n) is 13.2. The molecule has 0 radical (unpaired) electrons. The van der Waals surface area contributed by atoms with E-state index >= 15 is 0 Å². The number of carbonyl (C=O) groups excluding carboxylic acids is 2. The second-order valence-corrected chi connectivity index (χ2v) is 5.66. The SMILES string of the molecule is CC(=O)C[n+]1ccc(CCc2cc[n+](CC(C)=O)cc2)cc1. The molecule has 0 aliphatic heterocycles. The molecule has 0 bridgehead atoms. The minimum Gasteiger partial charge on any atom is -0.293 e. The van der Waals surface area contributed by atoms with Crippen molar-refractivity contribution in [2.75, 3.05) is 0 Å². The second-order valence-electron chi connectivity index (χ2n) is 5.66. The highest BCUT2D eigenvalue weighted by atomic mass is 16.1. The Bertz CT molecular complexity index is 586. The smallest absolute Gasteiger partial charge is 0.206 e. The topological polar surface area (TPSA) is 41.9 Å². The first-order chi connectivity index (χ1) is 10.5. The predicted octanol–water partition coefficient (Wildman–Crippen LogP) is 1.22. The average Bonchev–Trinajstić information content (AvgIpc) is 2.47. The van der Waals surface area contributed by atoms with Crippen molar-refractivity contribution in [1.82, 2.24) is 0 Å². The third kappa shape index (κ3) is 5.20. The fraction of sp³-hybridized carbons (Fsp3) is 0.333. The largest absolute Gasteiger partial charge is 0.293 e. The molecule has 4 nitrogen and oxygen atoms in total. The molecule has 0 unspecified atom stereocenters. The van der Waals surface area contributed by atoms with Gasteiger partial charge in [-0.1, -0.05) is 0 Å². The van der Waals surface area contributed by atoms with E-state index in [-0.39, 0.29) is 11.6 Å². The first-order valence-electron chi connectivity index (χ1n) is 7.48. The van der Waals surface area contributed by atoms with Crippen molar-refractivity contribution in [2.24, 2.45) is 0 Å². The van der Waals surface area contributed by atoms with Crippen LogP contribution in [0.15, 0.2) is 49.1 Å². The molecule has 2 rings (SSSR count). The van der Waals surface area contributed by atoms with Crippen LogP contribution in [0.1, 0.15) is 25.0 Å². The Morgan fingerprint density at radius 3 is 1.32 bits per heavy atom. The Morgan fingerprint density at radius 1 is 0.727 bits per heavy atom. The normalized spacial score (nSPS) is 10.5. The highest BCUT2D eigenvalue weighted by molar-refractivity contribution is 5.74. The number of hydrogen-bond acceptors (Lipinski definition) is 2. The predicted molar refractivity (Wildman–Crippen MR) is 82.0 cm³/mol. The van der Waals surface area contributed by atoms with E-state index in [9.17, 15) is 9.59 Å². The number of nitrogens with zero attached hydrogens (tertiary/aromatic N) is 2. The van der Waals surface area contributed by atoms with Gasteiger partial charge in [0, 0.05) is 38.1 Å². The summed E-state index contributed by atoms with van der Waals surface area (Å²) in [6.45, 7) is 4.04. The van der Waals surface area contributed by atoms with Gasteiger partial charge in [-0.2, -0.15) is 9.13 Å². The van der Waals surface area contributed by atoms with Gasteiger partial charge in [0.15, 0.2) is 36.4 Å². The molecule has 2 heterocycles. The summed E-state index contributed by atoms with van der Waals surface area (Å²) < 4.78 is 3.78. The minimum absolute atomic E-state index is 0.154. The van der Waals surface area contributed by atoms with E-state index in [2.05, 4.69) is 24.3 Å². The number of rotatable bonds is 7. The molecule has 0 aromatic carbocycles. The number of pyridine rings is 2. The van der Waals surface area contributed by atoms with Crippen LogP contribution >= 0.6 is 0 Å². The summed E-state index contributed by atoms with van der Waals surface area (Å²) in [4.78, 5) is 22.1. The molecule has 0 aliphatic rings. The quantitative estimate of drug-likeness (QED) is 0.721. The van der Waals surface area contributed by atoms with Gasteiger partial charge in [0.1, 0.15) is 0 Å². The van der Waals surface area contributed by atoms with Crippen LogP contribution in [-0.4, -0.2) is 11.6 Å². The first-order valence-corrected chi connectivity index (χ1v) is 7.48. The number of ketones is 2. The van der Waals surface area contributed by atoms with E-state index in [0.29, 0.717) is 13.1 Å². The highest BCUT2D eigenvalue weighted by Gasteiger charge is 2.06. The Labute approximate surface area is 131 Å². The molecule has 0 aliphatic carbocycles. The molecule has 2 aromatic rings. The van der Waals surface area contributed by atoms with Crippen molar-refractivity contribution in [3.63, 3.8) is 0 Å². The molecule has 0 N–H and O–H groups in total. The third-order valence-electron chi connectivity index (χ3n) is 3.43. The fourth-order valence-corrected chi connectivity index (χ4v) is 2.32. The lowest BCUT2D eigenvalue weighted by Crippen LogP contribution is -2.36. The molecule has 0 saturated carbocycles. The summed E-state index contributed by atoms with van der Waals surface area (Å²) in [7, 11) is 0. The maximum Gasteiger partial charge on any atom is 0.206 e. The van der Waals surface area contributed by atoms with Crippen LogP contribution in [0.5, 0.6) is 0 Å². The molecule has 22 heavy (non-hydrogen) atoms. The van der Waals surface area contributed by atoms with Gasteiger partial charge in [-0.05, 0) is 24.0 Å². The summed E-state index contributed by atoms with van der Waals surface area (Å²) in [6, 6.07) is 8.23. The number of carbonyl (C=O) groups is 2. The lowest BCUT2D eigenvalue weighted by atomic mass is 10.1. The molecule has 0 atom stereocenters. The molecule has 0 saturated heterocycles. The van der Waals surface area contributed by atoms with Crippen LogP contribution in [0, 0.1) is 0 Å². The Hall–Kier alpha value is -2.36. The van der Waals surface area contributed by atoms with Crippen LogP contribution in [0.3, 0.4) is 0 Å². The lowest BCUT2D eigenvalue weighted by molar-refractivity contribution is -0.684. The Balaban J connectivity index is 1.89. The Kier molecular flexibility index (Phi) is 5.53. The van der Waals surface area contributed by atoms with Crippen LogP contribution in [0.4, 0.5) is 0 Å². The van der Waals surface area contributed by atoms with Gasteiger partial charge in [0.2, 0.25) is 13.1 Å². The monoisotopic (exact) mass is 298 g/mol. The third-order valence-corrected chi connectivity index (χ3v) is 3.43. The maximum atomic E-state index is 11.1. The van der Waals surface area contributed by atoms with Crippen LogP contribution < -0.4 is 9.13 Å². The van der Waals surface area contributed by atoms with Crippen LogP contribution in [0.2, 0.25) is 0 Å². The number of aromatic nitrogens is 2. The van der Waals surface area contributed by atoms with Crippen molar-refractivity contribution < 1.29 is 18.7 Å². The van der Waals surface area contributed by atoms with E-state index in [0.717, 1.165) is 12.8 Å². The summed E-state index contributed by atoms with van der Waals surface area (Å²) in [6.07, 6.45) is 9.70. The van der Waals surface area contributed by atoms with Gasteiger partial charge >= 0.3 is 0 Å². The van der Waals surface area contributed by atoms with Crippen molar-refractivity contribution in [3.05, 3.63) is 60.2 Å². The van der Waals surface area contributed by atoms with Gasteiger partial charge in [0.05, 0.1) is 0 Å². The molecule has 0 spiro atoms. The molecule has 0 fully saturated rings. The average molecular weight is 298 g/mol. The second kappa shape index (κ2) is 7.59. The molecular formula is C18H22N2O2+2. The molecule has 114 valence electrons. The van der Waals surface area contributed by atoms with Crippen LogP contribution in [-0.2, 0) is 35.5 Å². The number of hydrogen-bond donors (Lipinski definition) is 0. The van der Waals surface area contributed by atoms with E-state index < -0.39 is 0 Å². The summed E-state index contributed by atoms with van der Waals surface area (Å²) in [5.74, 6) is 0.307.